The summed E-state index contributed by atoms with van der Waals surface area (Å²) in [6.07, 6.45) is 7.99. The Morgan fingerprint density at radius 1 is 0.468 bits per heavy atom. The molecule has 1 aliphatic carbocycles. The zero-order valence-electron chi connectivity index (χ0n) is 35.1. The quantitative estimate of drug-likeness (QED) is 0.143. The first kappa shape index (κ1) is 38.5. The number of allylic oxidation sites excluding steroid dienone is 3. The number of imidazole rings is 1. The summed E-state index contributed by atoms with van der Waals surface area (Å²) in [6, 6.07) is 76.1. The molecule has 1 unspecified atom stereocenters. The summed E-state index contributed by atoms with van der Waals surface area (Å²) in [7, 11) is 0. The van der Waals surface area contributed by atoms with Crippen molar-refractivity contribution in [3.8, 4) is 44.8 Å². The van der Waals surface area contributed by atoms with E-state index in [1.54, 1.807) is 0 Å². The SMILES string of the molecule is C1=CC(c2ccc3c(c2)c2ccccc2c2nc(-c4ccccc4)c(-c4ccccc4)n32)CC=C1N(c1ccc(-c2ccccc2)cc1)c1ccc(-c2ccccc2)cc1.CC. The Hall–Kier alpha value is -7.75. The first-order valence-electron chi connectivity index (χ1n) is 21.7. The zero-order valence-corrected chi connectivity index (χ0v) is 35.1. The van der Waals surface area contributed by atoms with Gasteiger partial charge in [-0.15, -0.1) is 0 Å². The molecule has 298 valence electrons. The van der Waals surface area contributed by atoms with Crippen molar-refractivity contribution in [1.82, 2.24) is 9.38 Å². The minimum Gasteiger partial charge on any atom is -0.311 e. The largest absolute Gasteiger partial charge is 0.311 e. The summed E-state index contributed by atoms with van der Waals surface area (Å²) >= 11 is 0. The van der Waals surface area contributed by atoms with Crippen LogP contribution in [0.2, 0.25) is 0 Å². The van der Waals surface area contributed by atoms with Gasteiger partial charge < -0.3 is 4.90 Å². The number of aromatic nitrogens is 2. The van der Waals surface area contributed by atoms with Gasteiger partial charge >= 0.3 is 0 Å². The molecule has 62 heavy (non-hydrogen) atoms. The van der Waals surface area contributed by atoms with Gasteiger partial charge in [0.1, 0.15) is 5.65 Å². The van der Waals surface area contributed by atoms with Crippen molar-refractivity contribution in [2.75, 3.05) is 4.90 Å². The number of rotatable bonds is 8. The van der Waals surface area contributed by atoms with E-state index in [0.29, 0.717) is 0 Å². The summed E-state index contributed by atoms with van der Waals surface area (Å²) in [5.74, 6) is 0.228. The van der Waals surface area contributed by atoms with Crippen molar-refractivity contribution in [1.29, 1.82) is 0 Å². The van der Waals surface area contributed by atoms with Crippen LogP contribution in [0, 0.1) is 0 Å². The normalized spacial score (nSPS) is 13.5. The van der Waals surface area contributed by atoms with Crippen molar-refractivity contribution in [3.05, 3.63) is 242 Å². The molecule has 0 amide bonds. The third-order valence-electron chi connectivity index (χ3n) is 11.9. The first-order chi connectivity index (χ1) is 30.8. The van der Waals surface area contributed by atoms with Gasteiger partial charge in [0, 0.05) is 44.9 Å². The summed E-state index contributed by atoms with van der Waals surface area (Å²) in [4.78, 5) is 7.79. The van der Waals surface area contributed by atoms with E-state index in [1.165, 1.54) is 44.3 Å². The molecule has 0 aliphatic heterocycles. The van der Waals surface area contributed by atoms with Crippen molar-refractivity contribution >= 4 is 38.7 Å². The van der Waals surface area contributed by atoms with Crippen LogP contribution in [0.25, 0.3) is 72.1 Å². The van der Waals surface area contributed by atoms with Gasteiger partial charge in [-0.1, -0.05) is 202 Å². The molecule has 2 aromatic heterocycles. The van der Waals surface area contributed by atoms with Gasteiger partial charge in [0.15, 0.2) is 0 Å². The van der Waals surface area contributed by atoms with Crippen molar-refractivity contribution in [2.24, 2.45) is 0 Å². The van der Waals surface area contributed by atoms with E-state index in [1.807, 2.05) is 13.8 Å². The fourth-order valence-corrected chi connectivity index (χ4v) is 8.94. The predicted molar refractivity (Wildman–Crippen MR) is 263 cm³/mol. The van der Waals surface area contributed by atoms with Crippen LogP contribution in [0.15, 0.2) is 236 Å². The van der Waals surface area contributed by atoms with Crippen LogP contribution in [0.4, 0.5) is 11.4 Å². The Labute approximate surface area is 364 Å². The summed E-state index contributed by atoms with van der Waals surface area (Å²) < 4.78 is 2.39. The molecule has 1 atom stereocenters. The number of benzene rings is 8. The first-order valence-corrected chi connectivity index (χ1v) is 21.7. The molecule has 0 radical (unpaired) electrons. The number of anilines is 2. The minimum absolute atomic E-state index is 0.228. The van der Waals surface area contributed by atoms with Gasteiger partial charge in [-0.3, -0.25) is 4.40 Å². The lowest BCUT2D eigenvalue weighted by Crippen LogP contribution is -2.17. The second kappa shape index (κ2) is 17.1. The van der Waals surface area contributed by atoms with Crippen LogP contribution >= 0.6 is 0 Å². The van der Waals surface area contributed by atoms with Gasteiger partial charge in [-0.2, -0.15) is 0 Å². The van der Waals surface area contributed by atoms with E-state index >= 15 is 0 Å². The van der Waals surface area contributed by atoms with Crippen molar-refractivity contribution < 1.29 is 0 Å². The molecule has 0 spiro atoms. The average Bonchev–Trinajstić information content (AvgIpc) is 3.78. The maximum absolute atomic E-state index is 5.40. The molecule has 0 saturated carbocycles. The zero-order chi connectivity index (χ0) is 41.8. The van der Waals surface area contributed by atoms with Crippen LogP contribution in [0.3, 0.4) is 0 Å². The van der Waals surface area contributed by atoms with E-state index in [4.69, 9.17) is 4.98 Å². The highest BCUT2D eigenvalue weighted by Crippen LogP contribution is 2.41. The molecule has 10 aromatic rings. The summed E-state index contributed by atoms with van der Waals surface area (Å²) in [5, 5.41) is 3.59. The van der Waals surface area contributed by atoms with Crippen LogP contribution in [0.5, 0.6) is 0 Å². The molecule has 3 heteroatoms. The topological polar surface area (TPSA) is 20.5 Å². The van der Waals surface area contributed by atoms with Gasteiger partial charge in [-0.25, -0.2) is 4.98 Å². The van der Waals surface area contributed by atoms with E-state index in [2.05, 4.69) is 240 Å². The fourth-order valence-electron chi connectivity index (χ4n) is 8.94. The van der Waals surface area contributed by atoms with Gasteiger partial charge in [0.05, 0.1) is 16.9 Å². The monoisotopic (exact) mass is 797 g/mol. The smallest absolute Gasteiger partial charge is 0.146 e. The summed E-state index contributed by atoms with van der Waals surface area (Å²) in [6.45, 7) is 4.00. The van der Waals surface area contributed by atoms with Gasteiger partial charge in [0.2, 0.25) is 0 Å². The maximum Gasteiger partial charge on any atom is 0.146 e. The van der Waals surface area contributed by atoms with Gasteiger partial charge in [-0.05, 0) is 82.1 Å². The molecule has 0 N–H and O–H groups in total. The molecule has 8 aromatic carbocycles. The molecule has 1 aliphatic rings. The predicted octanol–water partition coefficient (Wildman–Crippen LogP) is 16.1. The van der Waals surface area contributed by atoms with Crippen molar-refractivity contribution in [3.63, 3.8) is 0 Å². The van der Waals surface area contributed by atoms with Crippen LogP contribution in [-0.2, 0) is 0 Å². The number of nitrogens with zero attached hydrogens (tertiary/aromatic N) is 3. The maximum atomic E-state index is 5.40. The Morgan fingerprint density at radius 3 is 1.48 bits per heavy atom. The Balaban J connectivity index is 0.00000226. The van der Waals surface area contributed by atoms with Gasteiger partial charge in [0.25, 0.3) is 0 Å². The van der Waals surface area contributed by atoms with E-state index in [9.17, 15) is 0 Å². The lowest BCUT2D eigenvalue weighted by atomic mass is 9.89. The third kappa shape index (κ3) is 7.18. The second-order valence-electron chi connectivity index (χ2n) is 15.5. The number of pyridine rings is 1. The van der Waals surface area contributed by atoms with Crippen LogP contribution in [-0.4, -0.2) is 9.38 Å². The highest BCUT2D eigenvalue weighted by molar-refractivity contribution is 6.13. The fraction of sp³-hybridized carbons (Fsp3) is 0.0678. The standard InChI is InChI=1S/C57H41N3.C2H6/c1-5-15-40(16-6-1)42-25-32-48(33-26-42)59(49-34-27-43(28-35-49)41-17-7-2-8-18-41)50-36-29-44(30-37-50)47-31-38-54-53(39-47)51-23-13-14-24-52(51)57-58-55(45-19-9-3-10-20-45)56(60(54)57)46-21-11-4-12-22-46;1-2/h1-29,31-39,44H,30H2;1-2H3. The van der Waals surface area contributed by atoms with E-state index < -0.39 is 0 Å². The lowest BCUT2D eigenvalue weighted by molar-refractivity contribution is 0.841. The highest BCUT2D eigenvalue weighted by atomic mass is 15.1. The van der Waals surface area contributed by atoms with Crippen LogP contribution < -0.4 is 4.90 Å². The van der Waals surface area contributed by atoms with Crippen molar-refractivity contribution in [2.45, 2.75) is 26.2 Å². The molecule has 0 fully saturated rings. The Bertz CT molecular complexity index is 3100. The number of fused-ring (bicyclic) bond motifs is 6. The van der Waals surface area contributed by atoms with Crippen LogP contribution in [0.1, 0.15) is 31.7 Å². The number of hydrogen-bond acceptors (Lipinski definition) is 2. The molecule has 11 rings (SSSR count). The van der Waals surface area contributed by atoms with E-state index in [-0.39, 0.29) is 5.92 Å². The Morgan fingerprint density at radius 2 is 0.952 bits per heavy atom. The Kier molecular flexibility index (Phi) is 10.6. The molecular formula is C59H47N3. The third-order valence-corrected chi connectivity index (χ3v) is 11.9. The molecular weight excluding hydrogens is 751 g/mol. The average molecular weight is 798 g/mol. The highest BCUT2D eigenvalue weighted by Gasteiger charge is 2.23. The molecule has 0 bridgehead atoms. The number of hydrogen-bond donors (Lipinski definition) is 0. The molecule has 2 heterocycles. The molecule has 0 saturated heterocycles. The summed E-state index contributed by atoms with van der Waals surface area (Å²) in [5.41, 5.74) is 16.0. The lowest BCUT2D eigenvalue weighted by Gasteiger charge is -2.29. The van der Waals surface area contributed by atoms with E-state index in [0.717, 1.165) is 56.9 Å². The minimum atomic E-state index is 0.228. The second-order valence-corrected chi connectivity index (χ2v) is 15.5. The molecule has 3 nitrogen and oxygen atoms in total.